The van der Waals surface area contributed by atoms with Crippen molar-refractivity contribution in [3.8, 4) is 16.9 Å². The summed E-state index contributed by atoms with van der Waals surface area (Å²) in [5.74, 6) is 0.362. The molecule has 0 bridgehead atoms. The molecule has 0 aromatic heterocycles. The first kappa shape index (κ1) is 16.1. The zero-order valence-corrected chi connectivity index (χ0v) is 14.2. The first-order chi connectivity index (χ1) is 11.2. The predicted octanol–water partition coefficient (Wildman–Crippen LogP) is 4.96. The molecular weight excluding hydrogens is 284 g/mol. The third-order valence-electron chi connectivity index (χ3n) is 4.76. The topological polar surface area (TPSA) is 29.5 Å². The average Bonchev–Trinajstić information content (AvgIpc) is 3.21. The Labute approximate surface area is 139 Å². The minimum absolute atomic E-state index is 0.362. The summed E-state index contributed by atoms with van der Waals surface area (Å²) >= 11 is 0. The monoisotopic (exact) mass is 310 g/mol. The van der Waals surface area contributed by atoms with Crippen LogP contribution in [0.1, 0.15) is 41.5 Å². The molecule has 2 aromatic rings. The van der Waals surface area contributed by atoms with Gasteiger partial charge in [-0.1, -0.05) is 18.2 Å². The van der Waals surface area contributed by atoms with E-state index in [-0.39, 0.29) is 0 Å². The Morgan fingerprint density at radius 1 is 0.913 bits per heavy atom. The molecule has 23 heavy (non-hydrogen) atoms. The number of aryl methyl sites for hydroxylation is 3. The smallest absolute Gasteiger partial charge is 0.116 e. The van der Waals surface area contributed by atoms with Gasteiger partial charge in [-0.25, -0.2) is 0 Å². The third-order valence-corrected chi connectivity index (χ3v) is 4.76. The number of hydrogen-bond acceptors (Lipinski definition) is 2. The van der Waals surface area contributed by atoms with E-state index in [4.69, 9.17) is 4.74 Å². The summed E-state index contributed by atoms with van der Waals surface area (Å²) in [6.07, 6.45) is 6.22. The SMILES string of the molecule is C1CCOC1.Cc1cc(O)cc(C)c1-c1cccc2c1CCC2. The molecule has 2 aliphatic rings. The van der Waals surface area contributed by atoms with Crippen LogP contribution in [0.25, 0.3) is 11.1 Å². The average molecular weight is 310 g/mol. The Morgan fingerprint density at radius 2 is 1.61 bits per heavy atom. The van der Waals surface area contributed by atoms with Crippen LogP contribution in [-0.2, 0) is 17.6 Å². The first-order valence-electron chi connectivity index (χ1n) is 8.66. The fourth-order valence-corrected chi connectivity index (χ4v) is 3.73. The molecule has 1 aliphatic carbocycles. The lowest BCUT2D eigenvalue weighted by atomic mass is 9.90. The van der Waals surface area contributed by atoms with Crippen molar-refractivity contribution in [3.63, 3.8) is 0 Å². The van der Waals surface area contributed by atoms with E-state index >= 15 is 0 Å². The van der Waals surface area contributed by atoms with Crippen molar-refractivity contribution in [2.45, 2.75) is 46.0 Å². The second kappa shape index (κ2) is 7.18. The van der Waals surface area contributed by atoms with Crippen LogP contribution in [0.5, 0.6) is 5.75 Å². The number of rotatable bonds is 1. The molecule has 4 rings (SSSR count). The lowest BCUT2D eigenvalue weighted by Crippen LogP contribution is -1.93. The third kappa shape index (κ3) is 3.59. The summed E-state index contributed by atoms with van der Waals surface area (Å²) in [5, 5.41) is 9.66. The van der Waals surface area contributed by atoms with Crippen molar-refractivity contribution >= 4 is 0 Å². The highest BCUT2D eigenvalue weighted by Gasteiger charge is 2.17. The van der Waals surface area contributed by atoms with Gasteiger partial charge in [0, 0.05) is 13.2 Å². The van der Waals surface area contributed by atoms with E-state index < -0.39 is 0 Å². The van der Waals surface area contributed by atoms with Gasteiger partial charge in [0.05, 0.1) is 0 Å². The number of hydrogen-bond donors (Lipinski definition) is 1. The molecule has 0 saturated carbocycles. The Balaban J connectivity index is 0.000000267. The second-order valence-electron chi connectivity index (χ2n) is 6.57. The van der Waals surface area contributed by atoms with Gasteiger partial charge in [-0.2, -0.15) is 0 Å². The normalized spacial score (nSPS) is 15.9. The van der Waals surface area contributed by atoms with E-state index in [2.05, 4.69) is 32.0 Å². The largest absolute Gasteiger partial charge is 0.508 e. The van der Waals surface area contributed by atoms with Gasteiger partial charge >= 0.3 is 0 Å². The number of benzene rings is 2. The summed E-state index contributed by atoms with van der Waals surface area (Å²) in [7, 11) is 0. The fourth-order valence-electron chi connectivity index (χ4n) is 3.73. The Bertz CT molecular complexity index is 654. The van der Waals surface area contributed by atoms with Gasteiger partial charge in [-0.3, -0.25) is 0 Å². The first-order valence-corrected chi connectivity index (χ1v) is 8.66. The molecule has 1 aliphatic heterocycles. The molecule has 1 saturated heterocycles. The Kier molecular flexibility index (Phi) is 5.02. The van der Waals surface area contributed by atoms with Gasteiger partial charge in [-0.05, 0) is 91.5 Å². The molecule has 2 nitrogen and oxygen atoms in total. The standard InChI is InChI=1S/C17H18O.C4H8O/c1-11-9-14(18)10-12(2)17(11)16-8-4-6-13-5-3-7-15(13)16;1-2-4-5-3-1/h4,6,8-10,18H,3,5,7H2,1-2H3;1-4H2. The minimum atomic E-state index is 0.362. The zero-order chi connectivity index (χ0) is 16.2. The molecule has 1 heterocycles. The number of phenols is 1. The quantitative estimate of drug-likeness (QED) is 0.806. The van der Waals surface area contributed by atoms with E-state index in [1.54, 1.807) is 0 Å². The van der Waals surface area contributed by atoms with Gasteiger partial charge in [0.1, 0.15) is 5.75 Å². The minimum Gasteiger partial charge on any atom is -0.508 e. The molecule has 0 radical (unpaired) electrons. The predicted molar refractivity (Wildman–Crippen MR) is 95.1 cm³/mol. The summed E-state index contributed by atoms with van der Waals surface area (Å²) in [6.45, 7) is 6.16. The molecule has 0 atom stereocenters. The Morgan fingerprint density at radius 3 is 2.22 bits per heavy atom. The van der Waals surface area contributed by atoms with Crippen molar-refractivity contribution < 1.29 is 9.84 Å². The molecule has 0 spiro atoms. The van der Waals surface area contributed by atoms with Crippen LogP contribution < -0.4 is 0 Å². The molecule has 2 aromatic carbocycles. The van der Waals surface area contributed by atoms with Crippen molar-refractivity contribution in [2.75, 3.05) is 13.2 Å². The number of ether oxygens (including phenoxy) is 1. The van der Waals surface area contributed by atoms with Crippen LogP contribution in [-0.4, -0.2) is 18.3 Å². The maximum atomic E-state index is 9.66. The molecule has 0 amide bonds. The number of aromatic hydroxyl groups is 1. The van der Waals surface area contributed by atoms with Gasteiger partial charge in [0.2, 0.25) is 0 Å². The highest BCUT2D eigenvalue weighted by molar-refractivity contribution is 5.76. The van der Waals surface area contributed by atoms with Gasteiger partial charge in [0.15, 0.2) is 0 Å². The number of fused-ring (bicyclic) bond motifs is 1. The van der Waals surface area contributed by atoms with Crippen molar-refractivity contribution in [2.24, 2.45) is 0 Å². The van der Waals surface area contributed by atoms with Gasteiger partial charge in [0.25, 0.3) is 0 Å². The van der Waals surface area contributed by atoms with Crippen LogP contribution in [0.4, 0.5) is 0 Å². The lowest BCUT2D eigenvalue weighted by molar-refractivity contribution is 0.198. The van der Waals surface area contributed by atoms with E-state index in [0.717, 1.165) is 24.3 Å². The van der Waals surface area contributed by atoms with Crippen LogP contribution in [0, 0.1) is 13.8 Å². The highest BCUT2D eigenvalue weighted by Crippen LogP contribution is 2.37. The molecule has 1 N–H and O–H groups in total. The summed E-state index contributed by atoms with van der Waals surface area (Å²) in [4.78, 5) is 0. The van der Waals surface area contributed by atoms with Crippen LogP contribution in [0.2, 0.25) is 0 Å². The number of phenolic OH excluding ortho intramolecular Hbond substituents is 1. The fraction of sp³-hybridized carbons (Fsp3) is 0.429. The van der Waals surface area contributed by atoms with Crippen molar-refractivity contribution in [1.82, 2.24) is 0 Å². The van der Waals surface area contributed by atoms with Crippen LogP contribution in [0.15, 0.2) is 30.3 Å². The summed E-state index contributed by atoms with van der Waals surface area (Å²) in [5.41, 5.74) is 7.99. The maximum Gasteiger partial charge on any atom is 0.116 e. The molecule has 2 heteroatoms. The summed E-state index contributed by atoms with van der Waals surface area (Å²) in [6, 6.07) is 10.3. The van der Waals surface area contributed by atoms with E-state index in [1.165, 1.54) is 54.4 Å². The van der Waals surface area contributed by atoms with Crippen molar-refractivity contribution in [3.05, 3.63) is 52.6 Å². The second-order valence-corrected chi connectivity index (χ2v) is 6.57. The van der Waals surface area contributed by atoms with Crippen LogP contribution in [0.3, 0.4) is 0 Å². The zero-order valence-electron chi connectivity index (χ0n) is 14.2. The van der Waals surface area contributed by atoms with E-state index in [0.29, 0.717) is 5.75 Å². The van der Waals surface area contributed by atoms with E-state index in [1.807, 2.05) is 12.1 Å². The summed E-state index contributed by atoms with van der Waals surface area (Å²) < 4.78 is 4.94. The highest BCUT2D eigenvalue weighted by atomic mass is 16.5. The molecule has 1 fully saturated rings. The molecule has 0 unspecified atom stereocenters. The van der Waals surface area contributed by atoms with Gasteiger partial charge < -0.3 is 9.84 Å². The Hall–Kier alpha value is -1.80. The lowest BCUT2D eigenvalue weighted by Gasteiger charge is -2.14. The van der Waals surface area contributed by atoms with E-state index in [9.17, 15) is 5.11 Å². The van der Waals surface area contributed by atoms with Crippen molar-refractivity contribution in [1.29, 1.82) is 0 Å². The van der Waals surface area contributed by atoms with Crippen LogP contribution >= 0.6 is 0 Å². The van der Waals surface area contributed by atoms with Gasteiger partial charge in [-0.15, -0.1) is 0 Å². The molecular formula is C21H26O2. The molecule has 122 valence electrons. The maximum absolute atomic E-state index is 9.66.